The van der Waals surface area contributed by atoms with Gasteiger partial charge in [-0.15, -0.1) is 0 Å². The minimum atomic E-state index is -0.266. The van der Waals surface area contributed by atoms with Crippen molar-refractivity contribution < 1.29 is 4.79 Å². The molecule has 0 aliphatic carbocycles. The Bertz CT molecular complexity index is 453. The molecule has 2 heterocycles. The fourth-order valence-electron chi connectivity index (χ4n) is 1.99. The van der Waals surface area contributed by atoms with Gasteiger partial charge in [0.05, 0.1) is 5.02 Å². The summed E-state index contributed by atoms with van der Waals surface area (Å²) < 4.78 is 0. The number of carbonyl (C=O) groups is 1. The van der Waals surface area contributed by atoms with Gasteiger partial charge in [0.2, 0.25) is 0 Å². The van der Waals surface area contributed by atoms with Crippen LogP contribution in [-0.2, 0) is 0 Å². The van der Waals surface area contributed by atoms with Gasteiger partial charge in [0.1, 0.15) is 11.5 Å². The second-order valence-corrected chi connectivity index (χ2v) is 4.80. The lowest BCUT2D eigenvalue weighted by molar-refractivity contribution is 0.0933. The van der Waals surface area contributed by atoms with Crippen LogP contribution in [0.15, 0.2) is 12.1 Å². The molecule has 1 saturated heterocycles. The maximum Gasteiger partial charge on any atom is 0.271 e. The van der Waals surface area contributed by atoms with Gasteiger partial charge < -0.3 is 15.6 Å². The van der Waals surface area contributed by atoms with Crippen molar-refractivity contribution in [2.75, 3.05) is 25.6 Å². The maximum atomic E-state index is 12.1. The lowest BCUT2D eigenvalue weighted by Gasteiger charge is -2.13. The first-order valence-electron chi connectivity index (χ1n) is 5.72. The van der Waals surface area contributed by atoms with Crippen molar-refractivity contribution in [3.05, 3.63) is 22.8 Å². The first-order valence-corrected chi connectivity index (χ1v) is 6.10. The SMILES string of the molecule is CN1CCC(NC(=O)c2nc(NN)ccc2Cl)C1. The number of likely N-dealkylation sites (N-methyl/N-ethyl adjacent to an activating group) is 1. The number of nitrogen functional groups attached to an aromatic ring is 1. The van der Waals surface area contributed by atoms with Crippen LogP contribution < -0.4 is 16.6 Å². The Morgan fingerprint density at radius 1 is 1.61 bits per heavy atom. The first kappa shape index (κ1) is 13.1. The summed E-state index contributed by atoms with van der Waals surface area (Å²) in [6.07, 6.45) is 0.939. The van der Waals surface area contributed by atoms with Crippen LogP contribution in [0.3, 0.4) is 0 Å². The molecule has 0 radical (unpaired) electrons. The van der Waals surface area contributed by atoms with Gasteiger partial charge in [-0.05, 0) is 32.1 Å². The number of halogens is 1. The van der Waals surface area contributed by atoms with Crippen molar-refractivity contribution in [3.63, 3.8) is 0 Å². The molecule has 0 aromatic carbocycles. The number of nitrogens with zero attached hydrogens (tertiary/aromatic N) is 2. The number of rotatable bonds is 3. The molecule has 98 valence electrons. The van der Waals surface area contributed by atoms with E-state index in [4.69, 9.17) is 17.4 Å². The third-order valence-electron chi connectivity index (χ3n) is 2.94. The van der Waals surface area contributed by atoms with E-state index in [1.807, 2.05) is 7.05 Å². The summed E-state index contributed by atoms with van der Waals surface area (Å²) in [7, 11) is 2.02. The number of hydrogen-bond acceptors (Lipinski definition) is 5. The zero-order valence-corrected chi connectivity index (χ0v) is 10.9. The molecule has 1 aromatic heterocycles. The fraction of sp³-hybridized carbons (Fsp3) is 0.455. The lowest BCUT2D eigenvalue weighted by atomic mass is 10.2. The second-order valence-electron chi connectivity index (χ2n) is 4.39. The highest BCUT2D eigenvalue weighted by atomic mass is 35.5. The minimum absolute atomic E-state index is 0.148. The Hall–Kier alpha value is -1.37. The molecule has 1 aromatic rings. The largest absolute Gasteiger partial charge is 0.347 e. The molecule has 1 atom stereocenters. The normalized spacial score (nSPS) is 19.8. The number of carbonyl (C=O) groups excluding carboxylic acids is 1. The number of likely N-dealkylation sites (tertiary alicyclic amines) is 1. The fourth-order valence-corrected chi connectivity index (χ4v) is 2.18. The van der Waals surface area contributed by atoms with Gasteiger partial charge in [-0.2, -0.15) is 0 Å². The quantitative estimate of drug-likeness (QED) is 0.548. The highest BCUT2D eigenvalue weighted by Crippen LogP contribution is 2.17. The Kier molecular flexibility index (Phi) is 4.00. The standard InChI is InChI=1S/C11H16ClN5O/c1-17-5-4-7(6-17)14-11(18)10-8(12)2-3-9(15-10)16-13/h2-3,7H,4-6,13H2,1H3,(H,14,18)(H,15,16). The highest BCUT2D eigenvalue weighted by molar-refractivity contribution is 6.33. The van der Waals surface area contributed by atoms with E-state index in [2.05, 4.69) is 20.6 Å². The molecular formula is C11H16ClN5O. The summed E-state index contributed by atoms with van der Waals surface area (Å²) in [4.78, 5) is 18.3. The average Bonchev–Trinajstić information content (AvgIpc) is 2.75. The molecule has 1 fully saturated rings. The van der Waals surface area contributed by atoms with Gasteiger partial charge in [-0.3, -0.25) is 4.79 Å². The van der Waals surface area contributed by atoms with E-state index in [1.165, 1.54) is 0 Å². The average molecular weight is 270 g/mol. The van der Waals surface area contributed by atoms with Gasteiger partial charge in [0, 0.05) is 12.6 Å². The van der Waals surface area contributed by atoms with E-state index in [1.54, 1.807) is 12.1 Å². The summed E-state index contributed by atoms with van der Waals surface area (Å²) in [5.74, 6) is 5.40. The molecule has 1 amide bonds. The summed E-state index contributed by atoms with van der Waals surface area (Å²) >= 11 is 5.96. The van der Waals surface area contributed by atoms with Gasteiger partial charge in [-0.1, -0.05) is 11.6 Å². The van der Waals surface area contributed by atoms with E-state index in [9.17, 15) is 4.79 Å². The van der Waals surface area contributed by atoms with Gasteiger partial charge in [-0.25, -0.2) is 10.8 Å². The molecule has 0 spiro atoms. The monoisotopic (exact) mass is 269 g/mol. The van der Waals surface area contributed by atoms with E-state index >= 15 is 0 Å². The van der Waals surface area contributed by atoms with Crippen LogP contribution in [0.5, 0.6) is 0 Å². The number of hydrazine groups is 1. The third kappa shape index (κ3) is 2.90. The van der Waals surface area contributed by atoms with Crippen molar-refractivity contribution in [2.45, 2.75) is 12.5 Å². The molecule has 4 N–H and O–H groups in total. The zero-order chi connectivity index (χ0) is 13.1. The molecule has 0 saturated carbocycles. The van der Waals surface area contributed by atoms with Crippen molar-refractivity contribution in [1.82, 2.24) is 15.2 Å². The lowest BCUT2D eigenvalue weighted by Crippen LogP contribution is -2.37. The molecule has 1 unspecified atom stereocenters. The molecule has 1 aliphatic rings. The van der Waals surface area contributed by atoms with Gasteiger partial charge >= 0.3 is 0 Å². The first-order chi connectivity index (χ1) is 8.60. The Morgan fingerprint density at radius 3 is 3.00 bits per heavy atom. The third-order valence-corrected chi connectivity index (χ3v) is 3.24. The Morgan fingerprint density at radius 2 is 2.39 bits per heavy atom. The van der Waals surface area contributed by atoms with Crippen molar-refractivity contribution in [3.8, 4) is 0 Å². The molecule has 1 aliphatic heterocycles. The van der Waals surface area contributed by atoms with Crippen LogP contribution in [0.4, 0.5) is 5.82 Å². The minimum Gasteiger partial charge on any atom is -0.347 e. The maximum absolute atomic E-state index is 12.1. The van der Waals surface area contributed by atoms with Gasteiger partial charge in [0.15, 0.2) is 0 Å². The van der Waals surface area contributed by atoms with Crippen LogP contribution in [0, 0.1) is 0 Å². The molecule has 18 heavy (non-hydrogen) atoms. The van der Waals surface area contributed by atoms with E-state index in [0.29, 0.717) is 10.8 Å². The van der Waals surface area contributed by atoms with Crippen molar-refractivity contribution in [2.24, 2.45) is 5.84 Å². The molecule has 2 rings (SSSR count). The van der Waals surface area contributed by atoms with E-state index in [-0.39, 0.29) is 17.6 Å². The van der Waals surface area contributed by atoms with Crippen LogP contribution in [-0.4, -0.2) is 42.0 Å². The van der Waals surface area contributed by atoms with Crippen LogP contribution >= 0.6 is 11.6 Å². The number of nitrogens with two attached hydrogens (primary N) is 1. The summed E-state index contributed by atoms with van der Waals surface area (Å²) in [5.41, 5.74) is 2.59. The number of anilines is 1. The van der Waals surface area contributed by atoms with Crippen LogP contribution in [0.1, 0.15) is 16.9 Å². The molecule has 0 bridgehead atoms. The predicted molar refractivity (Wildman–Crippen MR) is 70.4 cm³/mol. The summed E-state index contributed by atoms with van der Waals surface area (Å²) in [6, 6.07) is 3.36. The van der Waals surface area contributed by atoms with Gasteiger partial charge in [0.25, 0.3) is 5.91 Å². The van der Waals surface area contributed by atoms with Crippen molar-refractivity contribution >= 4 is 23.3 Å². The Balaban J connectivity index is 2.08. The van der Waals surface area contributed by atoms with Crippen LogP contribution in [0.2, 0.25) is 5.02 Å². The molecule has 7 heteroatoms. The van der Waals surface area contributed by atoms with Crippen LogP contribution in [0.25, 0.3) is 0 Å². The second kappa shape index (κ2) is 5.51. The van der Waals surface area contributed by atoms with E-state index in [0.717, 1.165) is 19.5 Å². The highest BCUT2D eigenvalue weighted by Gasteiger charge is 2.23. The number of amides is 1. The molecular weight excluding hydrogens is 254 g/mol. The topological polar surface area (TPSA) is 83.3 Å². The smallest absolute Gasteiger partial charge is 0.271 e. The Labute approximate surface area is 110 Å². The zero-order valence-electron chi connectivity index (χ0n) is 10.1. The number of hydrogen-bond donors (Lipinski definition) is 3. The summed E-state index contributed by atoms with van der Waals surface area (Å²) in [6.45, 7) is 1.83. The van der Waals surface area contributed by atoms with E-state index < -0.39 is 0 Å². The predicted octanol–water partition coefficient (Wildman–Crippen LogP) is 0.454. The number of pyridine rings is 1. The number of nitrogens with one attached hydrogen (secondary N) is 2. The molecule has 6 nitrogen and oxygen atoms in total. The summed E-state index contributed by atoms with van der Waals surface area (Å²) in [5, 5.41) is 3.24. The van der Waals surface area contributed by atoms with Crippen molar-refractivity contribution in [1.29, 1.82) is 0 Å². The number of aromatic nitrogens is 1.